The Morgan fingerprint density at radius 1 is 1.57 bits per heavy atom. The predicted molar refractivity (Wildman–Crippen MR) is 55.7 cm³/mol. The van der Waals surface area contributed by atoms with Crippen molar-refractivity contribution < 1.29 is 4.79 Å². The maximum absolute atomic E-state index is 11.3. The smallest absolute Gasteiger partial charge is 0.226 e. The molecule has 1 rings (SSSR count). The highest BCUT2D eigenvalue weighted by Crippen LogP contribution is 2.01. The molecule has 1 aromatic heterocycles. The predicted octanol–water partition coefficient (Wildman–Crippen LogP) is 0.732. The number of pyridine rings is 1. The summed E-state index contributed by atoms with van der Waals surface area (Å²) in [6.07, 6.45) is 2.82. The van der Waals surface area contributed by atoms with E-state index in [4.69, 9.17) is 5.73 Å². The lowest BCUT2D eigenvalue weighted by molar-refractivity contribution is -0.120. The number of nitrogens with two attached hydrogens (primary N) is 1. The van der Waals surface area contributed by atoms with Crippen LogP contribution in [0.15, 0.2) is 18.3 Å². The van der Waals surface area contributed by atoms with Gasteiger partial charge in [-0.15, -0.1) is 0 Å². The van der Waals surface area contributed by atoms with Crippen molar-refractivity contribution in [1.29, 1.82) is 0 Å². The molecule has 0 fully saturated rings. The summed E-state index contributed by atoms with van der Waals surface area (Å²) < 4.78 is 0. The van der Waals surface area contributed by atoms with Crippen LogP contribution in [-0.2, 0) is 11.2 Å². The van der Waals surface area contributed by atoms with E-state index in [1.54, 1.807) is 18.3 Å². The third kappa shape index (κ3) is 3.43. The minimum Gasteiger partial charge on any atom is -0.397 e. The van der Waals surface area contributed by atoms with Crippen molar-refractivity contribution >= 4 is 11.6 Å². The molecule has 0 aromatic carbocycles. The topological polar surface area (TPSA) is 68.0 Å². The molecule has 0 atom stereocenters. The SMILES string of the molecule is CCCNC(=O)Cc1ccc(N)cn1. The van der Waals surface area contributed by atoms with Gasteiger partial charge in [0.1, 0.15) is 0 Å². The highest BCUT2D eigenvalue weighted by Gasteiger charge is 2.02. The van der Waals surface area contributed by atoms with E-state index in [1.165, 1.54) is 0 Å². The molecule has 1 aromatic rings. The number of carbonyl (C=O) groups is 1. The Hall–Kier alpha value is -1.58. The molecule has 0 saturated heterocycles. The molecular formula is C10H15N3O. The highest BCUT2D eigenvalue weighted by atomic mass is 16.1. The van der Waals surface area contributed by atoms with Crippen LogP contribution < -0.4 is 11.1 Å². The summed E-state index contributed by atoms with van der Waals surface area (Å²) in [5.41, 5.74) is 6.83. The average molecular weight is 193 g/mol. The summed E-state index contributed by atoms with van der Waals surface area (Å²) in [4.78, 5) is 15.3. The Morgan fingerprint density at radius 3 is 2.93 bits per heavy atom. The van der Waals surface area contributed by atoms with E-state index in [0.29, 0.717) is 18.7 Å². The fourth-order valence-electron chi connectivity index (χ4n) is 1.03. The van der Waals surface area contributed by atoms with Crippen molar-refractivity contribution in [1.82, 2.24) is 10.3 Å². The van der Waals surface area contributed by atoms with Crippen molar-refractivity contribution in [3.05, 3.63) is 24.0 Å². The van der Waals surface area contributed by atoms with Gasteiger partial charge in [0.25, 0.3) is 0 Å². The summed E-state index contributed by atoms with van der Waals surface area (Å²) in [7, 11) is 0. The zero-order valence-electron chi connectivity index (χ0n) is 8.29. The number of aromatic nitrogens is 1. The molecule has 0 spiro atoms. The quantitative estimate of drug-likeness (QED) is 0.740. The van der Waals surface area contributed by atoms with Crippen LogP contribution in [-0.4, -0.2) is 17.4 Å². The summed E-state index contributed by atoms with van der Waals surface area (Å²) >= 11 is 0. The largest absolute Gasteiger partial charge is 0.397 e. The molecule has 0 unspecified atom stereocenters. The molecule has 14 heavy (non-hydrogen) atoms. The molecule has 0 radical (unpaired) electrons. The molecule has 1 heterocycles. The molecule has 0 aliphatic heterocycles. The maximum atomic E-state index is 11.3. The first-order valence-corrected chi connectivity index (χ1v) is 4.69. The zero-order chi connectivity index (χ0) is 10.4. The Labute approximate surface area is 83.5 Å². The van der Waals surface area contributed by atoms with Crippen LogP contribution in [0.4, 0.5) is 5.69 Å². The van der Waals surface area contributed by atoms with Crippen molar-refractivity contribution in [2.75, 3.05) is 12.3 Å². The van der Waals surface area contributed by atoms with Gasteiger partial charge in [-0.2, -0.15) is 0 Å². The van der Waals surface area contributed by atoms with Crippen LogP contribution in [0.1, 0.15) is 19.0 Å². The first-order chi connectivity index (χ1) is 6.72. The van der Waals surface area contributed by atoms with Gasteiger partial charge in [-0.1, -0.05) is 6.92 Å². The van der Waals surface area contributed by atoms with Gasteiger partial charge < -0.3 is 11.1 Å². The minimum absolute atomic E-state index is 0.00382. The molecule has 4 nitrogen and oxygen atoms in total. The summed E-state index contributed by atoms with van der Waals surface area (Å²) in [5.74, 6) is 0.00382. The van der Waals surface area contributed by atoms with E-state index in [-0.39, 0.29) is 5.91 Å². The van der Waals surface area contributed by atoms with Gasteiger partial charge in [-0.3, -0.25) is 9.78 Å². The normalized spacial score (nSPS) is 9.79. The van der Waals surface area contributed by atoms with Crippen LogP contribution in [0.25, 0.3) is 0 Å². The lowest BCUT2D eigenvalue weighted by atomic mass is 10.2. The average Bonchev–Trinajstić information content (AvgIpc) is 2.18. The van der Waals surface area contributed by atoms with Crippen LogP contribution in [0.3, 0.4) is 0 Å². The van der Waals surface area contributed by atoms with E-state index in [0.717, 1.165) is 12.1 Å². The Balaban J connectivity index is 2.44. The Kier molecular flexibility index (Phi) is 3.91. The van der Waals surface area contributed by atoms with Gasteiger partial charge in [0.15, 0.2) is 0 Å². The van der Waals surface area contributed by atoms with Crippen molar-refractivity contribution in [2.24, 2.45) is 0 Å². The van der Waals surface area contributed by atoms with E-state index < -0.39 is 0 Å². The number of nitrogens with zero attached hydrogens (tertiary/aromatic N) is 1. The van der Waals surface area contributed by atoms with Gasteiger partial charge in [0.05, 0.1) is 18.3 Å². The molecule has 0 aliphatic carbocycles. The van der Waals surface area contributed by atoms with Gasteiger partial charge >= 0.3 is 0 Å². The number of amides is 1. The third-order valence-electron chi connectivity index (χ3n) is 1.76. The second kappa shape index (κ2) is 5.21. The number of hydrogen-bond donors (Lipinski definition) is 2. The first kappa shape index (κ1) is 10.5. The minimum atomic E-state index is 0.00382. The maximum Gasteiger partial charge on any atom is 0.226 e. The van der Waals surface area contributed by atoms with Crippen molar-refractivity contribution in [3.8, 4) is 0 Å². The van der Waals surface area contributed by atoms with Crippen molar-refractivity contribution in [2.45, 2.75) is 19.8 Å². The number of rotatable bonds is 4. The van der Waals surface area contributed by atoms with E-state index in [2.05, 4.69) is 10.3 Å². The molecular weight excluding hydrogens is 178 g/mol. The number of anilines is 1. The van der Waals surface area contributed by atoms with Crippen LogP contribution >= 0.6 is 0 Å². The van der Waals surface area contributed by atoms with Gasteiger partial charge in [0.2, 0.25) is 5.91 Å². The number of hydrogen-bond acceptors (Lipinski definition) is 3. The monoisotopic (exact) mass is 193 g/mol. The molecule has 0 saturated carbocycles. The van der Waals surface area contributed by atoms with Crippen molar-refractivity contribution in [3.63, 3.8) is 0 Å². The lowest BCUT2D eigenvalue weighted by Crippen LogP contribution is -2.25. The lowest BCUT2D eigenvalue weighted by Gasteiger charge is -2.02. The van der Waals surface area contributed by atoms with Gasteiger partial charge in [-0.05, 0) is 18.6 Å². The standard InChI is InChI=1S/C10H15N3O/c1-2-5-12-10(14)6-9-4-3-8(11)7-13-9/h3-4,7H,2,5-6,11H2,1H3,(H,12,14). The molecule has 1 amide bonds. The van der Waals surface area contributed by atoms with E-state index >= 15 is 0 Å². The summed E-state index contributed by atoms with van der Waals surface area (Å²) in [5, 5.41) is 2.79. The molecule has 0 bridgehead atoms. The second-order valence-electron chi connectivity index (χ2n) is 3.11. The third-order valence-corrected chi connectivity index (χ3v) is 1.76. The first-order valence-electron chi connectivity index (χ1n) is 4.69. The number of nitrogens with one attached hydrogen (secondary N) is 1. The van der Waals surface area contributed by atoms with Gasteiger partial charge in [-0.25, -0.2) is 0 Å². The van der Waals surface area contributed by atoms with Crippen LogP contribution in [0.2, 0.25) is 0 Å². The Bertz CT molecular complexity index is 295. The molecule has 4 heteroatoms. The molecule has 76 valence electrons. The molecule has 3 N–H and O–H groups in total. The zero-order valence-corrected chi connectivity index (χ0v) is 8.29. The van der Waals surface area contributed by atoms with Crippen LogP contribution in [0, 0.1) is 0 Å². The summed E-state index contributed by atoms with van der Waals surface area (Å²) in [6, 6.07) is 3.51. The number of carbonyl (C=O) groups excluding carboxylic acids is 1. The van der Waals surface area contributed by atoms with E-state index in [9.17, 15) is 4.79 Å². The molecule has 0 aliphatic rings. The van der Waals surface area contributed by atoms with Gasteiger partial charge in [0, 0.05) is 12.2 Å². The fourth-order valence-corrected chi connectivity index (χ4v) is 1.03. The number of nitrogen functional groups attached to an aromatic ring is 1. The highest BCUT2D eigenvalue weighted by molar-refractivity contribution is 5.78. The fraction of sp³-hybridized carbons (Fsp3) is 0.400. The van der Waals surface area contributed by atoms with Crippen LogP contribution in [0.5, 0.6) is 0 Å². The van der Waals surface area contributed by atoms with E-state index in [1.807, 2.05) is 6.92 Å². The second-order valence-corrected chi connectivity index (χ2v) is 3.11. The summed E-state index contributed by atoms with van der Waals surface area (Å²) in [6.45, 7) is 2.73. The Morgan fingerprint density at radius 2 is 2.36 bits per heavy atom.